The number of hydrogen-bond donors (Lipinski definition) is 1. The average molecular weight is 338 g/mol. The summed E-state index contributed by atoms with van der Waals surface area (Å²) in [7, 11) is 0. The SMILES string of the molecule is CSCCC(=O)N1CCCC(CNC(=O)c2ccc(F)cc2)C1. The van der Waals surface area contributed by atoms with Gasteiger partial charge in [0.15, 0.2) is 0 Å². The van der Waals surface area contributed by atoms with Crippen LogP contribution in [0.15, 0.2) is 24.3 Å². The van der Waals surface area contributed by atoms with Gasteiger partial charge in [-0.2, -0.15) is 11.8 Å². The third-order valence-corrected chi connectivity index (χ3v) is 4.66. The molecule has 0 saturated carbocycles. The van der Waals surface area contributed by atoms with E-state index >= 15 is 0 Å². The summed E-state index contributed by atoms with van der Waals surface area (Å²) in [5.41, 5.74) is 0.454. The molecule has 1 aliphatic heterocycles. The molecule has 4 nitrogen and oxygen atoms in total. The Morgan fingerprint density at radius 2 is 2.09 bits per heavy atom. The zero-order valence-electron chi connectivity index (χ0n) is 13.4. The van der Waals surface area contributed by atoms with Gasteiger partial charge in [0.25, 0.3) is 5.91 Å². The van der Waals surface area contributed by atoms with Crippen molar-refractivity contribution in [2.24, 2.45) is 5.92 Å². The summed E-state index contributed by atoms with van der Waals surface area (Å²) in [4.78, 5) is 26.0. The summed E-state index contributed by atoms with van der Waals surface area (Å²) in [5.74, 6) is 0.783. The molecule has 1 N–H and O–H groups in total. The summed E-state index contributed by atoms with van der Waals surface area (Å²) in [5, 5.41) is 2.89. The number of piperidine rings is 1. The lowest BCUT2D eigenvalue weighted by Gasteiger charge is -2.33. The number of likely N-dealkylation sites (tertiary alicyclic amines) is 1. The van der Waals surface area contributed by atoms with Crippen LogP contribution < -0.4 is 5.32 Å². The van der Waals surface area contributed by atoms with Gasteiger partial charge in [0, 0.05) is 37.4 Å². The molecular formula is C17H23FN2O2S. The Morgan fingerprint density at radius 3 is 2.78 bits per heavy atom. The Kier molecular flexibility index (Phi) is 6.89. The van der Waals surface area contributed by atoms with Crippen LogP contribution in [-0.4, -0.2) is 48.4 Å². The summed E-state index contributed by atoms with van der Waals surface area (Å²) in [6.07, 6.45) is 4.56. The van der Waals surface area contributed by atoms with Crippen molar-refractivity contribution < 1.29 is 14.0 Å². The van der Waals surface area contributed by atoms with Crippen LogP contribution in [0.4, 0.5) is 4.39 Å². The molecule has 1 atom stereocenters. The zero-order chi connectivity index (χ0) is 16.7. The minimum Gasteiger partial charge on any atom is -0.352 e. The molecule has 0 bridgehead atoms. The van der Waals surface area contributed by atoms with E-state index in [4.69, 9.17) is 0 Å². The maximum absolute atomic E-state index is 12.9. The van der Waals surface area contributed by atoms with Crippen LogP contribution >= 0.6 is 11.8 Å². The Balaban J connectivity index is 1.79. The van der Waals surface area contributed by atoms with Crippen LogP contribution in [0.2, 0.25) is 0 Å². The number of thioether (sulfide) groups is 1. The Hall–Kier alpha value is -1.56. The highest BCUT2D eigenvalue weighted by Crippen LogP contribution is 2.17. The fourth-order valence-electron chi connectivity index (χ4n) is 2.75. The smallest absolute Gasteiger partial charge is 0.251 e. The van der Waals surface area contributed by atoms with E-state index in [-0.39, 0.29) is 23.5 Å². The molecule has 0 aliphatic carbocycles. The van der Waals surface area contributed by atoms with Crippen molar-refractivity contribution >= 4 is 23.6 Å². The van der Waals surface area contributed by atoms with Crippen LogP contribution in [0.1, 0.15) is 29.6 Å². The molecule has 1 aromatic rings. The normalized spacial score (nSPS) is 17.8. The highest BCUT2D eigenvalue weighted by atomic mass is 32.2. The molecule has 1 aliphatic rings. The first-order valence-corrected chi connectivity index (χ1v) is 9.30. The van der Waals surface area contributed by atoms with E-state index in [0.29, 0.717) is 25.1 Å². The molecule has 1 heterocycles. The van der Waals surface area contributed by atoms with Gasteiger partial charge in [0.2, 0.25) is 5.91 Å². The number of carbonyl (C=O) groups is 2. The summed E-state index contributed by atoms with van der Waals surface area (Å²) in [6.45, 7) is 2.06. The van der Waals surface area contributed by atoms with Crippen molar-refractivity contribution in [2.45, 2.75) is 19.3 Å². The number of benzene rings is 1. The minimum absolute atomic E-state index is 0.198. The molecule has 1 aromatic carbocycles. The molecule has 6 heteroatoms. The van der Waals surface area contributed by atoms with E-state index in [1.54, 1.807) is 11.8 Å². The van der Waals surface area contributed by atoms with Crippen LogP contribution in [0, 0.1) is 11.7 Å². The molecule has 1 unspecified atom stereocenters. The molecule has 0 radical (unpaired) electrons. The Labute approximate surface area is 140 Å². The van der Waals surface area contributed by atoms with E-state index in [0.717, 1.165) is 25.1 Å². The molecule has 23 heavy (non-hydrogen) atoms. The number of nitrogens with one attached hydrogen (secondary N) is 1. The molecule has 1 saturated heterocycles. The molecule has 0 aromatic heterocycles. The first-order valence-electron chi connectivity index (χ1n) is 7.90. The van der Waals surface area contributed by atoms with Crippen LogP contribution in [0.5, 0.6) is 0 Å². The number of hydrogen-bond acceptors (Lipinski definition) is 3. The molecule has 2 amide bonds. The fraction of sp³-hybridized carbons (Fsp3) is 0.529. The average Bonchev–Trinajstić information content (AvgIpc) is 2.58. The second-order valence-corrected chi connectivity index (χ2v) is 6.79. The topological polar surface area (TPSA) is 49.4 Å². The number of halogens is 1. The van der Waals surface area contributed by atoms with Crippen molar-refractivity contribution in [1.82, 2.24) is 10.2 Å². The quantitative estimate of drug-likeness (QED) is 0.867. The van der Waals surface area contributed by atoms with Crippen LogP contribution in [-0.2, 0) is 4.79 Å². The van der Waals surface area contributed by atoms with Gasteiger partial charge in [-0.1, -0.05) is 0 Å². The van der Waals surface area contributed by atoms with E-state index in [1.165, 1.54) is 24.3 Å². The van der Waals surface area contributed by atoms with E-state index in [1.807, 2.05) is 11.2 Å². The Bertz CT molecular complexity index is 536. The maximum Gasteiger partial charge on any atom is 0.251 e. The monoisotopic (exact) mass is 338 g/mol. The highest BCUT2D eigenvalue weighted by Gasteiger charge is 2.23. The second kappa shape index (κ2) is 8.91. The van der Waals surface area contributed by atoms with Crippen molar-refractivity contribution in [3.63, 3.8) is 0 Å². The standard InChI is InChI=1S/C17H23FN2O2S/c1-23-10-8-16(21)20-9-2-3-13(12-20)11-19-17(22)14-4-6-15(18)7-5-14/h4-7,13H,2-3,8-12H2,1H3,(H,19,22). The van der Waals surface area contributed by atoms with Crippen molar-refractivity contribution in [2.75, 3.05) is 31.6 Å². The lowest BCUT2D eigenvalue weighted by molar-refractivity contribution is -0.132. The molecule has 2 rings (SSSR count). The van der Waals surface area contributed by atoms with Gasteiger partial charge in [0.1, 0.15) is 5.82 Å². The number of amides is 2. The lowest BCUT2D eigenvalue weighted by atomic mass is 9.97. The van der Waals surface area contributed by atoms with Gasteiger partial charge < -0.3 is 10.2 Å². The summed E-state index contributed by atoms with van der Waals surface area (Å²) >= 11 is 1.68. The highest BCUT2D eigenvalue weighted by molar-refractivity contribution is 7.98. The van der Waals surface area contributed by atoms with Gasteiger partial charge in [-0.3, -0.25) is 9.59 Å². The minimum atomic E-state index is -0.353. The van der Waals surface area contributed by atoms with Crippen LogP contribution in [0.3, 0.4) is 0 Å². The third kappa shape index (κ3) is 5.53. The van der Waals surface area contributed by atoms with Gasteiger partial charge >= 0.3 is 0 Å². The van der Waals surface area contributed by atoms with E-state index < -0.39 is 0 Å². The van der Waals surface area contributed by atoms with Crippen molar-refractivity contribution in [3.05, 3.63) is 35.6 Å². The first-order chi connectivity index (χ1) is 11.1. The molecular weight excluding hydrogens is 315 g/mol. The van der Waals surface area contributed by atoms with Gasteiger partial charge in [-0.05, 0) is 49.3 Å². The largest absolute Gasteiger partial charge is 0.352 e. The summed E-state index contributed by atoms with van der Waals surface area (Å²) < 4.78 is 12.9. The van der Waals surface area contributed by atoms with E-state index in [9.17, 15) is 14.0 Å². The van der Waals surface area contributed by atoms with Crippen molar-refractivity contribution in [3.8, 4) is 0 Å². The predicted molar refractivity (Wildman–Crippen MR) is 91.0 cm³/mol. The molecule has 0 spiro atoms. The summed E-state index contributed by atoms with van der Waals surface area (Å²) in [6, 6.07) is 5.51. The maximum atomic E-state index is 12.9. The number of nitrogens with zero attached hydrogens (tertiary/aromatic N) is 1. The van der Waals surface area contributed by atoms with E-state index in [2.05, 4.69) is 5.32 Å². The fourth-order valence-corrected chi connectivity index (χ4v) is 3.12. The third-order valence-electron chi connectivity index (χ3n) is 4.05. The van der Waals surface area contributed by atoms with Gasteiger partial charge in [0.05, 0.1) is 0 Å². The zero-order valence-corrected chi connectivity index (χ0v) is 14.2. The first kappa shape index (κ1) is 17.8. The van der Waals surface area contributed by atoms with Crippen LogP contribution in [0.25, 0.3) is 0 Å². The lowest BCUT2D eigenvalue weighted by Crippen LogP contribution is -2.43. The van der Waals surface area contributed by atoms with Gasteiger partial charge in [-0.15, -0.1) is 0 Å². The van der Waals surface area contributed by atoms with Crippen molar-refractivity contribution in [1.29, 1.82) is 0 Å². The molecule has 126 valence electrons. The molecule has 1 fully saturated rings. The number of rotatable bonds is 6. The predicted octanol–water partition coefficient (Wildman–Crippen LogP) is 2.55. The second-order valence-electron chi connectivity index (χ2n) is 5.81. The number of carbonyl (C=O) groups excluding carboxylic acids is 2. The van der Waals surface area contributed by atoms with Gasteiger partial charge in [-0.25, -0.2) is 4.39 Å². The Morgan fingerprint density at radius 1 is 1.35 bits per heavy atom.